The molecule has 1 saturated carbocycles. The number of fused-ring (bicyclic) bond motifs is 3. The van der Waals surface area contributed by atoms with Gasteiger partial charge in [0, 0.05) is 43.9 Å². The lowest BCUT2D eigenvalue weighted by Crippen LogP contribution is -2.38. The van der Waals surface area contributed by atoms with E-state index in [4.69, 9.17) is 4.74 Å². The highest BCUT2D eigenvalue weighted by atomic mass is 16.5. The lowest BCUT2D eigenvalue weighted by molar-refractivity contribution is -0.126. The smallest absolute Gasteiger partial charge is 0.225 e. The number of benzene rings is 1. The molecule has 1 N–H and O–H groups in total. The SMILES string of the molecule is Cn1cncc1CNC(=O)[C@@H]1CN(CC2CC2)[C@H]2c3ccccc3OC[C@@H]12. The first kappa shape index (κ1) is 16.8. The Labute approximate surface area is 159 Å². The summed E-state index contributed by atoms with van der Waals surface area (Å²) in [4.78, 5) is 19.7. The summed E-state index contributed by atoms with van der Waals surface area (Å²) < 4.78 is 7.98. The van der Waals surface area contributed by atoms with Crippen molar-refractivity contribution < 1.29 is 9.53 Å². The average molecular weight is 366 g/mol. The number of aromatic nitrogens is 2. The lowest BCUT2D eigenvalue weighted by Gasteiger charge is -2.34. The molecule has 0 bridgehead atoms. The number of carbonyl (C=O) groups is 1. The van der Waals surface area contributed by atoms with Crippen LogP contribution in [0.25, 0.3) is 0 Å². The van der Waals surface area contributed by atoms with E-state index in [1.165, 1.54) is 18.4 Å². The Balaban J connectivity index is 1.36. The van der Waals surface area contributed by atoms with Gasteiger partial charge in [0.15, 0.2) is 0 Å². The number of rotatable bonds is 5. The summed E-state index contributed by atoms with van der Waals surface area (Å²) in [5, 5.41) is 3.13. The van der Waals surface area contributed by atoms with Crippen LogP contribution in [0.2, 0.25) is 0 Å². The third-order valence-corrected chi connectivity index (χ3v) is 6.30. The molecule has 6 heteroatoms. The van der Waals surface area contributed by atoms with Crippen molar-refractivity contribution in [2.75, 3.05) is 19.7 Å². The monoisotopic (exact) mass is 366 g/mol. The van der Waals surface area contributed by atoms with Gasteiger partial charge in [0.05, 0.1) is 31.1 Å². The summed E-state index contributed by atoms with van der Waals surface area (Å²) >= 11 is 0. The summed E-state index contributed by atoms with van der Waals surface area (Å²) in [6, 6.07) is 8.62. The number of ether oxygens (including phenoxy) is 1. The van der Waals surface area contributed by atoms with Crippen LogP contribution in [0.15, 0.2) is 36.8 Å². The Morgan fingerprint density at radius 1 is 1.33 bits per heavy atom. The Kier molecular flexibility index (Phi) is 4.16. The van der Waals surface area contributed by atoms with Crippen LogP contribution in [0.4, 0.5) is 0 Å². The number of nitrogens with zero attached hydrogens (tertiary/aromatic N) is 3. The van der Waals surface area contributed by atoms with Crippen LogP contribution in [-0.2, 0) is 18.4 Å². The van der Waals surface area contributed by atoms with E-state index in [0.29, 0.717) is 19.2 Å². The Morgan fingerprint density at radius 3 is 2.96 bits per heavy atom. The minimum atomic E-state index is -0.0321. The number of hydrogen-bond acceptors (Lipinski definition) is 4. The van der Waals surface area contributed by atoms with Crippen molar-refractivity contribution in [2.24, 2.45) is 24.8 Å². The highest BCUT2D eigenvalue weighted by Gasteiger charge is 2.49. The predicted molar refractivity (Wildman–Crippen MR) is 101 cm³/mol. The van der Waals surface area contributed by atoms with E-state index in [0.717, 1.165) is 30.5 Å². The lowest BCUT2D eigenvalue weighted by atomic mass is 9.85. The maximum absolute atomic E-state index is 13.0. The molecule has 2 fully saturated rings. The van der Waals surface area contributed by atoms with Crippen LogP contribution >= 0.6 is 0 Å². The molecule has 1 saturated heterocycles. The fraction of sp³-hybridized carbons (Fsp3) is 0.524. The second kappa shape index (κ2) is 6.68. The van der Waals surface area contributed by atoms with Gasteiger partial charge in [-0.05, 0) is 24.8 Å². The van der Waals surface area contributed by atoms with Crippen LogP contribution in [0.3, 0.4) is 0 Å². The minimum absolute atomic E-state index is 0.0321. The Bertz CT molecular complexity index is 844. The number of amides is 1. The van der Waals surface area contributed by atoms with Gasteiger partial charge in [0.2, 0.25) is 5.91 Å². The van der Waals surface area contributed by atoms with Crippen molar-refractivity contribution in [3.05, 3.63) is 48.0 Å². The van der Waals surface area contributed by atoms with Crippen molar-refractivity contribution in [3.8, 4) is 5.75 Å². The number of nitrogens with one attached hydrogen (secondary N) is 1. The molecule has 2 aliphatic heterocycles. The van der Waals surface area contributed by atoms with E-state index < -0.39 is 0 Å². The van der Waals surface area contributed by atoms with Crippen LogP contribution in [-0.4, -0.2) is 40.1 Å². The van der Waals surface area contributed by atoms with Gasteiger partial charge in [-0.25, -0.2) is 4.98 Å². The van der Waals surface area contributed by atoms with E-state index in [1.807, 2.05) is 17.7 Å². The molecule has 3 aliphatic rings. The molecule has 0 spiro atoms. The molecule has 1 aromatic carbocycles. The van der Waals surface area contributed by atoms with Crippen molar-refractivity contribution >= 4 is 5.91 Å². The minimum Gasteiger partial charge on any atom is -0.493 e. The number of imidazole rings is 1. The van der Waals surface area contributed by atoms with Crippen LogP contribution in [0.1, 0.15) is 30.1 Å². The number of carbonyl (C=O) groups excluding carboxylic acids is 1. The van der Waals surface area contributed by atoms with E-state index >= 15 is 0 Å². The number of aryl methyl sites for hydroxylation is 1. The normalized spacial score (nSPS) is 26.9. The van der Waals surface area contributed by atoms with E-state index in [-0.39, 0.29) is 17.7 Å². The van der Waals surface area contributed by atoms with E-state index in [9.17, 15) is 4.79 Å². The van der Waals surface area contributed by atoms with Crippen LogP contribution < -0.4 is 10.1 Å². The second-order valence-electron chi connectivity index (χ2n) is 8.17. The maximum Gasteiger partial charge on any atom is 0.225 e. The van der Waals surface area contributed by atoms with Gasteiger partial charge < -0.3 is 14.6 Å². The topological polar surface area (TPSA) is 59.4 Å². The van der Waals surface area contributed by atoms with Crippen LogP contribution in [0.5, 0.6) is 5.75 Å². The highest BCUT2D eigenvalue weighted by molar-refractivity contribution is 5.80. The maximum atomic E-state index is 13.0. The average Bonchev–Trinajstić information content (AvgIpc) is 3.29. The summed E-state index contributed by atoms with van der Waals surface area (Å²) in [7, 11) is 1.95. The molecular formula is C21H26N4O2. The Morgan fingerprint density at radius 2 is 2.19 bits per heavy atom. The van der Waals surface area contributed by atoms with Gasteiger partial charge in [0.1, 0.15) is 5.75 Å². The number of likely N-dealkylation sites (tertiary alicyclic amines) is 1. The quantitative estimate of drug-likeness (QED) is 0.881. The predicted octanol–water partition coefficient (Wildman–Crippen LogP) is 2.13. The van der Waals surface area contributed by atoms with E-state index in [1.54, 1.807) is 12.5 Å². The molecule has 6 nitrogen and oxygen atoms in total. The summed E-state index contributed by atoms with van der Waals surface area (Å²) in [5.41, 5.74) is 2.26. The van der Waals surface area contributed by atoms with Gasteiger partial charge in [-0.15, -0.1) is 0 Å². The fourth-order valence-electron chi connectivity index (χ4n) is 4.63. The summed E-state index contributed by atoms with van der Waals surface area (Å²) in [6.45, 7) is 3.05. The first-order valence-corrected chi connectivity index (χ1v) is 9.89. The molecule has 3 atom stereocenters. The van der Waals surface area contributed by atoms with Gasteiger partial charge in [-0.2, -0.15) is 0 Å². The summed E-state index contributed by atoms with van der Waals surface area (Å²) in [5.74, 6) is 2.10. The van der Waals surface area contributed by atoms with Crippen molar-refractivity contribution in [2.45, 2.75) is 25.4 Å². The van der Waals surface area contributed by atoms with E-state index in [2.05, 4.69) is 33.4 Å². The third kappa shape index (κ3) is 3.12. The molecule has 142 valence electrons. The molecule has 2 aromatic rings. The van der Waals surface area contributed by atoms with Crippen molar-refractivity contribution in [1.29, 1.82) is 0 Å². The molecular weight excluding hydrogens is 340 g/mol. The van der Waals surface area contributed by atoms with Gasteiger partial charge in [-0.3, -0.25) is 9.69 Å². The zero-order valence-electron chi connectivity index (χ0n) is 15.7. The van der Waals surface area contributed by atoms with Crippen molar-refractivity contribution in [1.82, 2.24) is 19.8 Å². The zero-order chi connectivity index (χ0) is 18.4. The van der Waals surface area contributed by atoms with Crippen molar-refractivity contribution in [3.63, 3.8) is 0 Å². The standard InChI is InChI=1S/C21H26N4O2/c1-24-13-22-8-15(24)9-23-21(26)17-11-25(10-14-6-7-14)20-16-4-2-3-5-19(16)27-12-18(17)20/h2-5,8,13-14,17-18,20H,6-7,9-12H2,1H3,(H,23,26)/t17-,18+,20+/m1/s1. The van der Waals surface area contributed by atoms with Gasteiger partial charge in [-0.1, -0.05) is 18.2 Å². The van der Waals surface area contributed by atoms with Crippen LogP contribution in [0, 0.1) is 17.8 Å². The molecule has 5 rings (SSSR count). The molecule has 3 heterocycles. The third-order valence-electron chi connectivity index (χ3n) is 6.30. The fourth-order valence-corrected chi connectivity index (χ4v) is 4.63. The number of para-hydroxylation sites is 1. The highest BCUT2D eigenvalue weighted by Crippen LogP contribution is 2.48. The zero-order valence-corrected chi connectivity index (χ0v) is 15.7. The first-order valence-electron chi connectivity index (χ1n) is 9.89. The largest absolute Gasteiger partial charge is 0.493 e. The molecule has 0 radical (unpaired) electrons. The molecule has 27 heavy (non-hydrogen) atoms. The second-order valence-corrected chi connectivity index (χ2v) is 8.17. The molecule has 1 aromatic heterocycles. The number of hydrogen-bond donors (Lipinski definition) is 1. The Hall–Kier alpha value is -2.34. The summed E-state index contributed by atoms with van der Waals surface area (Å²) in [6.07, 6.45) is 6.21. The van der Waals surface area contributed by atoms with Gasteiger partial charge >= 0.3 is 0 Å². The van der Waals surface area contributed by atoms with Gasteiger partial charge in [0.25, 0.3) is 0 Å². The first-order chi connectivity index (χ1) is 13.2. The molecule has 0 unspecified atom stereocenters. The molecule has 1 amide bonds. The molecule has 1 aliphatic carbocycles.